The summed E-state index contributed by atoms with van der Waals surface area (Å²) in [5.41, 5.74) is -0.239. The van der Waals surface area contributed by atoms with Gasteiger partial charge in [-0.2, -0.15) is 18.2 Å². The number of halogens is 3. The molecule has 0 bridgehead atoms. The minimum atomic E-state index is -4.58. The van der Waals surface area contributed by atoms with E-state index < -0.39 is 17.6 Å². The molecule has 1 heterocycles. The zero-order valence-corrected chi connectivity index (χ0v) is 16.4. The molecule has 0 amide bonds. The van der Waals surface area contributed by atoms with Gasteiger partial charge in [0.05, 0.1) is 13.2 Å². The van der Waals surface area contributed by atoms with Gasteiger partial charge in [-0.05, 0) is 32.4 Å². The molecule has 8 heteroatoms. The van der Waals surface area contributed by atoms with Gasteiger partial charge in [-0.1, -0.05) is 25.8 Å². The lowest BCUT2D eigenvalue weighted by atomic mass is 10.2. The highest BCUT2D eigenvalue weighted by molar-refractivity contribution is 5.59. The van der Waals surface area contributed by atoms with Crippen LogP contribution in [0.3, 0.4) is 0 Å². The second kappa shape index (κ2) is 10.1. The summed E-state index contributed by atoms with van der Waals surface area (Å²) >= 11 is 0. The van der Waals surface area contributed by atoms with Crippen LogP contribution in [0.1, 0.15) is 45.6 Å². The van der Waals surface area contributed by atoms with Gasteiger partial charge in [0.2, 0.25) is 11.8 Å². The van der Waals surface area contributed by atoms with E-state index in [4.69, 9.17) is 9.47 Å². The van der Waals surface area contributed by atoms with Crippen molar-refractivity contribution in [3.63, 3.8) is 0 Å². The fourth-order valence-electron chi connectivity index (χ4n) is 2.66. The summed E-state index contributed by atoms with van der Waals surface area (Å²) in [4.78, 5) is 9.75. The number of hydrogen-bond acceptors (Lipinski definition) is 5. The van der Waals surface area contributed by atoms with Crippen LogP contribution in [0.5, 0.6) is 11.6 Å². The monoisotopic (exact) mass is 397 g/mol. The van der Waals surface area contributed by atoms with Crippen molar-refractivity contribution >= 4 is 11.6 Å². The summed E-state index contributed by atoms with van der Waals surface area (Å²) in [5.74, 6) is 0.379. The van der Waals surface area contributed by atoms with Crippen LogP contribution in [-0.2, 0) is 6.18 Å². The number of unbranched alkanes of at least 4 members (excludes halogenated alkanes) is 2. The molecule has 2 aromatic rings. The summed E-state index contributed by atoms with van der Waals surface area (Å²) in [6.45, 7) is 6.93. The number of aromatic nitrogens is 2. The quantitative estimate of drug-likeness (QED) is 0.487. The third-order valence-electron chi connectivity index (χ3n) is 4.03. The molecule has 0 aliphatic carbocycles. The first-order valence-corrected chi connectivity index (χ1v) is 9.48. The smallest absolute Gasteiger partial charge is 0.423 e. The van der Waals surface area contributed by atoms with Gasteiger partial charge >= 0.3 is 6.18 Å². The minimum Gasteiger partial charge on any atom is -0.494 e. The summed E-state index contributed by atoms with van der Waals surface area (Å²) < 4.78 is 50.8. The Morgan fingerprint density at radius 2 is 1.86 bits per heavy atom. The molecule has 1 aromatic heterocycles. The van der Waals surface area contributed by atoms with Gasteiger partial charge in [0.1, 0.15) is 11.3 Å². The number of benzene rings is 1. The highest BCUT2D eigenvalue weighted by atomic mass is 19.4. The van der Waals surface area contributed by atoms with Crippen molar-refractivity contribution in [2.45, 2.75) is 46.2 Å². The average molecular weight is 397 g/mol. The van der Waals surface area contributed by atoms with Crippen molar-refractivity contribution < 1.29 is 22.6 Å². The predicted molar refractivity (Wildman–Crippen MR) is 102 cm³/mol. The summed E-state index contributed by atoms with van der Waals surface area (Å²) in [6, 6.07) is 7.26. The number of nitrogens with zero attached hydrogens (tertiary/aromatic N) is 3. The molecule has 5 nitrogen and oxygen atoms in total. The minimum absolute atomic E-state index is 0.148. The molecule has 0 saturated carbocycles. The molecule has 0 fully saturated rings. The first-order valence-electron chi connectivity index (χ1n) is 9.48. The number of hydrogen-bond donors (Lipinski definition) is 0. The van der Waals surface area contributed by atoms with E-state index in [2.05, 4.69) is 9.97 Å². The van der Waals surface area contributed by atoms with Crippen LogP contribution in [0.4, 0.5) is 24.8 Å². The Balaban J connectivity index is 2.35. The summed E-state index contributed by atoms with van der Waals surface area (Å²) in [7, 11) is 0. The van der Waals surface area contributed by atoms with E-state index in [-0.39, 0.29) is 12.6 Å². The van der Waals surface area contributed by atoms with Crippen LogP contribution in [0.25, 0.3) is 0 Å². The molecule has 2 rings (SSSR count). The van der Waals surface area contributed by atoms with Gasteiger partial charge in [-0.25, -0.2) is 4.98 Å². The molecule has 0 unspecified atom stereocenters. The van der Waals surface area contributed by atoms with Gasteiger partial charge in [-0.3, -0.25) is 0 Å². The third kappa shape index (κ3) is 5.74. The third-order valence-corrected chi connectivity index (χ3v) is 4.03. The van der Waals surface area contributed by atoms with Crippen molar-refractivity contribution in [1.82, 2.24) is 9.97 Å². The molecule has 0 spiro atoms. The Morgan fingerprint density at radius 3 is 2.50 bits per heavy atom. The molecule has 0 aliphatic heterocycles. The maximum absolute atomic E-state index is 13.3. The van der Waals surface area contributed by atoms with Crippen molar-refractivity contribution in [3.05, 3.63) is 36.0 Å². The number of ether oxygens (including phenoxy) is 2. The highest BCUT2D eigenvalue weighted by Crippen LogP contribution is 2.36. The van der Waals surface area contributed by atoms with Gasteiger partial charge in [0, 0.05) is 24.5 Å². The zero-order chi connectivity index (χ0) is 20.6. The van der Waals surface area contributed by atoms with E-state index in [1.807, 2.05) is 39.0 Å². The molecule has 0 atom stereocenters. The molecule has 154 valence electrons. The SMILES string of the molecule is CCCCCOc1nc(N(CC)c2cccc(OCC)c2)ncc1C(F)(F)F. The van der Waals surface area contributed by atoms with Gasteiger partial charge in [-0.15, -0.1) is 0 Å². The number of rotatable bonds is 10. The fraction of sp³-hybridized carbons (Fsp3) is 0.500. The zero-order valence-electron chi connectivity index (χ0n) is 16.4. The van der Waals surface area contributed by atoms with Crippen molar-refractivity contribution in [2.24, 2.45) is 0 Å². The Kier molecular flexibility index (Phi) is 7.90. The van der Waals surface area contributed by atoms with E-state index in [1.54, 1.807) is 11.0 Å². The van der Waals surface area contributed by atoms with E-state index in [9.17, 15) is 13.2 Å². The highest BCUT2D eigenvalue weighted by Gasteiger charge is 2.36. The molecule has 0 aliphatic rings. The lowest BCUT2D eigenvalue weighted by molar-refractivity contribution is -0.139. The fourth-order valence-corrected chi connectivity index (χ4v) is 2.66. The van der Waals surface area contributed by atoms with Crippen molar-refractivity contribution in [2.75, 3.05) is 24.7 Å². The molecular weight excluding hydrogens is 371 g/mol. The normalized spacial score (nSPS) is 11.4. The molecule has 0 radical (unpaired) electrons. The topological polar surface area (TPSA) is 47.5 Å². The van der Waals surface area contributed by atoms with Crippen molar-refractivity contribution in [3.8, 4) is 11.6 Å². The second-order valence-electron chi connectivity index (χ2n) is 6.12. The Morgan fingerprint density at radius 1 is 1.07 bits per heavy atom. The van der Waals surface area contributed by atoms with Crippen LogP contribution in [0, 0.1) is 0 Å². The summed E-state index contributed by atoms with van der Waals surface area (Å²) in [5, 5.41) is 0. The van der Waals surface area contributed by atoms with Crippen LogP contribution < -0.4 is 14.4 Å². The maximum Gasteiger partial charge on any atom is 0.423 e. The molecule has 0 N–H and O–H groups in total. The number of alkyl halides is 3. The standard InChI is InChI=1S/C20H26F3N3O2/c1-4-7-8-12-28-18-17(20(21,22)23)14-24-19(25-18)26(5-2)15-10-9-11-16(13-15)27-6-3/h9-11,13-14H,4-8,12H2,1-3H3. The van der Waals surface area contributed by atoms with E-state index in [0.29, 0.717) is 25.3 Å². The largest absolute Gasteiger partial charge is 0.494 e. The van der Waals surface area contributed by atoms with E-state index >= 15 is 0 Å². The molecule has 1 aromatic carbocycles. The lowest BCUT2D eigenvalue weighted by Crippen LogP contribution is -2.21. The summed E-state index contributed by atoms with van der Waals surface area (Å²) in [6.07, 6.45) is -1.30. The van der Waals surface area contributed by atoms with Crippen LogP contribution in [0.15, 0.2) is 30.5 Å². The Hall–Kier alpha value is -2.51. The lowest BCUT2D eigenvalue weighted by Gasteiger charge is -2.23. The van der Waals surface area contributed by atoms with Gasteiger partial charge < -0.3 is 14.4 Å². The van der Waals surface area contributed by atoms with Crippen molar-refractivity contribution in [1.29, 1.82) is 0 Å². The Bertz CT molecular complexity index is 754. The van der Waals surface area contributed by atoms with Crippen LogP contribution in [0.2, 0.25) is 0 Å². The first-order chi connectivity index (χ1) is 13.4. The maximum atomic E-state index is 13.3. The first kappa shape index (κ1) is 21.8. The van der Waals surface area contributed by atoms with E-state index in [1.165, 1.54) is 0 Å². The second-order valence-corrected chi connectivity index (χ2v) is 6.12. The number of anilines is 2. The van der Waals surface area contributed by atoms with Gasteiger partial charge in [0.15, 0.2) is 0 Å². The van der Waals surface area contributed by atoms with Crippen LogP contribution >= 0.6 is 0 Å². The van der Waals surface area contributed by atoms with E-state index in [0.717, 1.165) is 24.7 Å². The Labute approximate surface area is 163 Å². The predicted octanol–water partition coefficient (Wildman–Crippen LogP) is 5.62. The molecule has 28 heavy (non-hydrogen) atoms. The average Bonchev–Trinajstić information content (AvgIpc) is 2.66. The van der Waals surface area contributed by atoms with Gasteiger partial charge in [0.25, 0.3) is 0 Å². The van der Waals surface area contributed by atoms with Crippen LogP contribution in [-0.4, -0.2) is 29.7 Å². The molecule has 0 saturated heterocycles. The molecular formula is C20H26F3N3O2.